The lowest BCUT2D eigenvalue weighted by Crippen LogP contribution is -2.48. The van der Waals surface area contributed by atoms with Gasteiger partial charge in [-0.3, -0.25) is 0 Å². The molecule has 1 rings (SSSR count). The van der Waals surface area contributed by atoms with E-state index in [1.54, 1.807) is 6.20 Å². The number of nitrogens with zero attached hydrogens (tertiary/aromatic N) is 1. The maximum Gasteiger partial charge on any atom is 0.193 e. The summed E-state index contributed by atoms with van der Waals surface area (Å²) in [7, 11) is -2.01. The number of hydrogen-bond acceptors (Lipinski definition) is 4. The SMILES string of the molecule is C=CC(O)C[C@](C)(O[Si](C)(C)C(C)(C)C)c1cnco1. The average molecular weight is 297 g/mol. The van der Waals surface area contributed by atoms with Gasteiger partial charge in [0.05, 0.1) is 12.3 Å². The summed E-state index contributed by atoms with van der Waals surface area (Å²) < 4.78 is 11.9. The van der Waals surface area contributed by atoms with Gasteiger partial charge in [0.15, 0.2) is 20.5 Å². The van der Waals surface area contributed by atoms with E-state index in [1.807, 2.05) is 6.92 Å². The highest BCUT2D eigenvalue weighted by molar-refractivity contribution is 6.74. The van der Waals surface area contributed by atoms with Crippen LogP contribution in [0.3, 0.4) is 0 Å². The van der Waals surface area contributed by atoms with Gasteiger partial charge in [0.2, 0.25) is 0 Å². The maximum atomic E-state index is 9.95. The summed E-state index contributed by atoms with van der Waals surface area (Å²) in [5.41, 5.74) is -0.701. The van der Waals surface area contributed by atoms with E-state index >= 15 is 0 Å². The first kappa shape index (κ1) is 17.1. The van der Waals surface area contributed by atoms with Gasteiger partial charge in [0.25, 0.3) is 0 Å². The van der Waals surface area contributed by atoms with Crippen LogP contribution in [0.4, 0.5) is 0 Å². The van der Waals surface area contributed by atoms with Crippen molar-refractivity contribution in [2.24, 2.45) is 0 Å². The van der Waals surface area contributed by atoms with Crippen molar-refractivity contribution >= 4 is 8.32 Å². The highest BCUT2D eigenvalue weighted by atomic mass is 28.4. The van der Waals surface area contributed by atoms with E-state index in [0.29, 0.717) is 12.2 Å². The van der Waals surface area contributed by atoms with Crippen LogP contribution in [0.2, 0.25) is 18.1 Å². The van der Waals surface area contributed by atoms with Gasteiger partial charge in [-0.05, 0) is 25.1 Å². The molecular formula is C15H27NO3Si. The molecular weight excluding hydrogens is 270 g/mol. The number of aromatic nitrogens is 1. The van der Waals surface area contributed by atoms with E-state index in [2.05, 4.69) is 45.4 Å². The Morgan fingerprint density at radius 2 is 2.05 bits per heavy atom. The summed E-state index contributed by atoms with van der Waals surface area (Å²) in [5, 5.41) is 10.0. The van der Waals surface area contributed by atoms with Crippen molar-refractivity contribution in [3.8, 4) is 0 Å². The van der Waals surface area contributed by atoms with Crippen LogP contribution >= 0.6 is 0 Å². The zero-order valence-corrected chi connectivity index (χ0v) is 14.4. The molecule has 0 fully saturated rings. The third kappa shape index (κ3) is 3.81. The first-order valence-electron chi connectivity index (χ1n) is 6.91. The minimum atomic E-state index is -2.01. The van der Waals surface area contributed by atoms with E-state index in [1.165, 1.54) is 12.5 Å². The Morgan fingerprint density at radius 3 is 2.45 bits per heavy atom. The van der Waals surface area contributed by atoms with E-state index < -0.39 is 20.0 Å². The highest BCUT2D eigenvalue weighted by Crippen LogP contribution is 2.43. The van der Waals surface area contributed by atoms with E-state index in [0.717, 1.165) is 0 Å². The summed E-state index contributed by atoms with van der Waals surface area (Å²) in [6.45, 7) is 16.5. The molecule has 1 aromatic rings. The average Bonchev–Trinajstić information content (AvgIpc) is 2.80. The van der Waals surface area contributed by atoms with Crippen molar-refractivity contribution in [2.75, 3.05) is 0 Å². The zero-order chi connectivity index (χ0) is 15.6. The van der Waals surface area contributed by atoms with Crippen LogP contribution in [0.15, 0.2) is 29.7 Å². The zero-order valence-electron chi connectivity index (χ0n) is 13.4. The summed E-state index contributed by atoms with van der Waals surface area (Å²) in [5.74, 6) is 0.642. The molecule has 0 spiro atoms. The van der Waals surface area contributed by atoms with E-state index in [9.17, 15) is 5.11 Å². The van der Waals surface area contributed by atoms with Crippen LogP contribution in [0.5, 0.6) is 0 Å². The molecule has 0 saturated carbocycles. The number of rotatable bonds is 6. The van der Waals surface area contributed by atoms with E-state index in [-0.39, 0.29) is 5.04 Å². The van der Waals surface area contributed by atoms with Gasteiger partial charge in [-0.2, -0.15) is 0 Å². The minimum Gasteiger partial charge on any atom is -0.445 e. The molecule has 5 heteroatoms. The van der Waals surface area contributed by atoms with Gasteiger partial charge in [-0.25, -0.2) is 4.98 Å². The van der Waals surface area contributed by atoms with Crippen molar-refractivity contribution in [1.29, 1.82) is 0 Å². The Kier molecular flexibility index (Phi) is 5.00. The monoisotopic (exact) mass is 297 g/mol. The molecule has 0 aliphatic carbocycles. The lowest BCUT2D eigenvalue weighted by Gasteiger charge is -2.43. The fraction of sp³-hybridized carbons (Fsp3) is 0.667. The van der Waals surface area contributed by atoms with Gasteiger partial charge in [-0.1, -0.05) is 26.8 Å². The molecule has 1 unspecified atom stereocenters. The Morgan fingerprint density at radius 1 is 1.45 bits per heavy atom. The molecule has 0 aromatic carbocycles. The van der Waals surface area contributed by atoms with Crippen LogP contribution in [-0.2, 0) is 10.0 Å². The largest absolute Gasteiger partial charge is 0.445 e. The predicted octanol–water partition coefficient (Wildman–Crippen LogP) is 3.85. The Bertz CT molecular complexity index is 436. The fourth-order valence-corrected chi connectivity index (χ4v) is 3.48. The minimum absolute atomic E-state index is 0.0768. The van der Waals surface area contributed by atoms with Crippen molar-refractivity contribution in [3.63, 3.8) is 0 Å². The van der Waals surface area contributed by atoms with Gasteiger partial charge in [-0.15, -0.1) is 6.58 Å². The van der Waals surface area contributed by atoms with Crippen molar-refractivity contribution < 1.29 is 13.9 Å². The summed E-state index contributed by atoms with van der Waals surface area (Å²) in [6, 6.07) is 0. The number of hydrogen-bond donors (Lipinski definition) is 1. The molecule has 4 nitrogen and oxygen atoms in total. The first-order chi connectivity index (χ1) is 9.02. The van der Waals surface area contributed by atoms with Crippen LogP contribution < -0.4 is 0 Å². The molecule has 1 aromatic heterocycles. The molecule has 0 aliphatic heterocycles. The fourth-order valence-electron chi connectivity index (χ4n) is 1.87. The first-order valence-corrected chi connectivity index (χ1v) is 9.82. The third-order valence-electron chi connectivity index (χ3n) is 4.11. The quantitative estimate of drug-likeness (QED) is 0.640. The van der Waals surface area contributed by atoms with Gasteiger partial charge >= 0.3 is 0 Å². The Hall–Kier alpha value is -0.913. The van der Waals surface area contributed by atoms with Gasteiger partial charge in [0.1, 0.15) is 5.60 Å². The van der Waals surface area contributed by atoms with E-state index in [4.69, 9.17) is 8.84 Å². The molecule has 0 saturated heterocycles. The smallest absolute Gasteiger partial charge is 0.193 e. The predicted molar refractivity (Wildman–Crippen MR) is 83.0 cm³/mol. The van der Waals surface area contributed by atoms with Crippen LogP contribution in [0.25, 0.3) is 0 Å². The number of aliphatic hydroxyl groups is 1. The molecule has 114 valence electrons. The second-order valence-corrected chi connectivity index (χ2v) is 11.7. The molecule has 20 heavy (non-hydrogen) atoms. The van der Waals surface area contributed by atoms with Gasteiger partial charge in [0, 0.05) is 6.42 Å². The maximum absolute atomic E-state index is 9.95. The van der Waals surface area contributed by atoms with Crippen LogP contribution in [-0.4, -0.2) is 24.5 Å². The Labute approximate surface area is 123 Å². The Balaban J connectivity index is 3.10. The molecule has 0 amide bonds. The second-order valence-electron chi connectivity index (χ2n) is 6.97. The van der Waals surface area contributed by atoms with Crippen molar-refractivity contribution in [3.05, 3.63) is 31.0 Å². The van der Waals surface area contributed by atoms with Crippen LogP contribution in [0, 0.1) is 0 Å². The molecule has 0 radical (unpaired) electrons. The molecule has 2 atom stereocenters. The summed E-state index contributed by atoms with van der Waals surface area (Å²) >= 11 is 0. The number of oxazole rings is 1. The molecule has 0 bridgehead atoms. The topological polar surface area (TPSA) is 55.5 Å². The second kappa shape index (κ2) is 5.83. The highest BCUT2D eigenvalue weighted by Gasteiger charge is 2.45. The summed E-state index contributed by atoms with van der Waals surface area (Å²) in [6.07, 6.45) is 4.32. The van der Waals surface area contributed by atoms with Crippen molar-refractivity contribution in [1.82, 2.24) is 4.98 Å². The lowest BCUT2D eigenvalue weighted by atomic mass is 9.96. The standard InChI is InChI=1S/C15H27NO3Si/c1-8-12(17)9-15(5,13-10-16-11-18-13)19-20(6,7)14(2,3)4/h8,10-12,17H,1,9H2,2-7H3/t12?,15-/m0/s1. The molecule has 1 heterocycles. The normalized spacial score (nSPS) is 17.6. The molecule has 1 N–H and O–H groups in total. The molecule has 0 aliphatic rings. The third-order valence-corrected chi connectivity index (χ3v) is 8.68. The van der Waals surface area contributed by atoms with Crippen LogP contribution in [0.1, 0.15) is 39.9 Å². The summed E-state index contributed by atoms with van der Waals surface area (Å²) in [4.78, 5) is 3.97. The number of aliphatic hydroxyl groups excluding tert-OH is 1. The lowest BCUT2D eigenvalue weighted by molar-refractivity contribution is 0.00666. The van der Waals surface area contributed by atoms with Crippen molar-refractivity contribution in [2.45, 2.75) is 64.0 Å². The van der Waals surface area contributed by atoms with Gasteiger partial charge < -0.3 is 13.9 Å².